The maximum Gasteiger partial charge on any atom is 0.0767 e. The molecule has 0 atom stereocenters. The molecule has 1 heterocycles. The van der Waals surface area contributed by atoms with Crippen LogP contribution in [0.15, 0.2) is 4.47 Å². The molecule has 0 aliphatic carbocycles. The second kappa shape index (κ2) is 7.17. The van der Waals surface area contributed by atoms with E-state index >= 15 is 0 Å². The van der Waals surface area contributed by atoms with E-state index in [0.717, 1.165) is 31.7 Å². The number of halogens is 1. The minimum absolute atomic E-state index is 0.982. The lowest BCUT2D eigenvalue weighted by atomic mass is 10.2. The minimum atomic E-state index is 0.982. The van der Waals surface area contributed by atoms with E-state index in [1.165, 1.54) is 23.0 Å². The van der Waals surface area contributed by atoms with Crippen molar-refractivity contribution in [1.29, 1.82) is 0 Å². The first-order chi connectivity index (χ1) is 8.13. The van der Waals surface area contributed by atoms with Crippen molar-refractivity contribution >= 4 is 15.9 Å². The smallest absolute Gasteiger partial charge is 0.0767 e. The van der Waals surface area contributed by atoms with Gasteiger partial charge in [-0.25, -0.2) is 0 Å². The highest BCUT2D eigenvalue weighted by Crippen LogP contribution is 2.23. The maximum absolute atomic E-state index is 4.55. The average Bonchev–Trinajstić information content (AvgIpc) is 2.57. The van der Waals surface area contributed by atoms with Crippen LogP contribution in [-0.4, -0.2) is 27.8 Å². The largest absolute Gasteiger partial charge is 0.298 e. The molecule has 0 fully saturated rings. The molecule has 17 heavy (non-hydrogen) atoms. The van der Waals surface area contributed by atoms with E-state index in [2.05, 4.69) is 46.7 Å². The Bertz CT molecular complexity index is 341. The molecule has 0 unspecified atom stereocenters. The number of rotatable bonds is 7. The molecule has 3 nitrogen and oxygen atoms in total. The van der Waals surface area contributed by atoms with Crippen LogP contribution in [0.1, 0.15) is 45.0 Å². The van der Waals surface area contributed by atoms with Gasteiger partial charge in [0.1, 0.15) is 0 Å². The third-order valence-electron chi connectivity index (χ3n) is 2.96. The molecule has 98 valence electrons. The number of aryl methyl sites for hydroxylation is 2. The van der Waals surface area contributed by atoms with E-state index in [1.807, 2.05) is 11.7 Å². The van der Waals surface area contributed by atoms with Gasteiger partial charge in [0.25, 0.3) is 0 Å². The SMILES string of the molecule is CCCN(CCC)Cc1c(Br)c(CC)nn1C. The zero-order valence-electron chi connectivity index (χ0n) is 11.5. The number of nitrogens with zero attached hydrogens (tertiary/aromatic N) is 3. The second-order valence-electron chi connectivity index (χ2n) is 4.46. The zero-order chi connectivity index (χ0) is 12.8. The molecular weight excluding hydrogens is 278 g/mol. The van der Waals surface area contributed by atoms with E-state index in [-0.39, 0.29) is 0 Å². The lowest BCUT2D eigenvalue weighted by Crippen LogP contribution is -2.26. The van der Waals surface area contributed by atoms with E-state index in [9.17, 15) is 0 Å². The Hall–Kier alpha value is -0.350. The molecule has 0 spiro atoms. The van der Waals surface area contributed by atoms with Crippen LogP contribution in [0, 0.1) is 0 Å². The van der Waals surface area contributed by atoms with E-state index < -0.39 is 0 Å². The molecule has 0 aliphatic rings. The Balaban J connectivity index is 2.80. The average molecular weight is 302 g/mol. The molecule has 4 heteroatoms. The predicted molar refractivity (Wildman–Crippen MR) is 76.1 cm³/mol. The van der Waals surface area contributed by atoms with Crippen molar-refractivity contribution in [1.82, 2.24) is 14.7 Å². The standard InChI is InChI=1S/C13H24BrN3/c1-5-8-17(9-6-2)10-12-13(14)11(7-3)15-16(12)4/h5-10H2,1-4H3. The first kappa shape index (κ1) is 14.7. The molecule has 0 bridgehead atoms. The fraction of sp³-hybridized carbons (Fsp3) is 0.769. The normalized spacial score (nSPS) is 11.4. The Morgan fingerprint density at radius 1 is 1.18 bits per heavy atom. The molecule has 0 aromatic carbocycles. The topological polar surface area (TPSA) is 21.1 Å². The van der Waals surface area contributed by atoms with Gasteiger partial charge in [-0.1, -0.05) is 20.8 Å². The lowest BCUT2D eigenvalue weighted by molar-refractivity contribution is 0.259. The summed E-state index contributed by atoms with van der Waals surface area (Å²) in [5, 5.41) is 4.55. The van der Waals surface area contributed by atoms with Crippen LogP contribution in [0.5, 0.6) is 0 Å². The number of hydrogen-bond acceptors (Lipinski definition) is 2. The first-order valence-electron chi connectivity index (χ1n) is 6.56. The molecular formula is C13H24BrN3. The van der Waals surface area contributed by atoms with Crippen molar-refractivity contribution in [3.63, 3.8) is 0 Å². The van der Waals surface area contributed by atoms with Gasteiger partial charge in [-0.2, -0.15) is 5.10 Å². The Morgan fingerprint density at radius 2 is 1.76 bits per heavy atom. The summed E-state index contributed by atoms with van der Waals surface area (Å²) in [5.41, 5.74) is 2.46. The summed E-state index contributed by atoms with van der Waals surface area (Å²) in [6, 6.07) is 0. The van der Waals surface area contributed by atoms with Gasteiger partial charge in [-0.3, -0.25) is 9.58 Å². The number of aromatic nitrogens is 2. The Morgan fingerprint density at radius 3 is 2.18 bits per heavy atom. The highest BCUT2D eigenvalue weighted by atomic mass is 79.9. The first-order valence-corrected chi connectivity index (χ1v) is 7.35. The maximum atomic E-state index is 4.55. The summed E-state index contributed by atoms with van der Waals surface area (Å²) in [4.78, 5) is 2.50. The zero-order valence-corrected chi connectivity index (χ0v) is 13.0. The lowest BCUT2D eigenvalue weighted by Gasteiger charge is -2.21. The summed E-state index contributed by atoms with van der Waals surface area (Å²) < 4.78 is 3.21. The summed E-state index contributed by atoms with van der Waals surface area (Å²) >= 11 is 3.68. The Kier molecular flexibility index (Phi) is 6.20. The van der Waals surface area contributed by atoms with Gasteiger partial charge in [-0.05, 0) is 48.3 Å². The number of hydrogen-bond donors (Lipinski definition) is 0. The molecule has 0 radical (unpaired) electrons. The summed E-state index contributed by atoms with van der Waals surface area (Å²) in [5.74, 6) is 0. The van der Waals surface area contributed by atoms with Gasteiger partial charge in [0.2, 0.25) is 0 Å². The van der Waals surface area contributed by atoms with Crippen LogP contribution in [0.3, 0.4) is 0 Å². The van der Waals surface area contributed by atoms with Crippen molar-refractivity contribution in [2.75, 3.05) is 13.1 Å². The summed E-state index contributed by atoms with van der Waals surface area (Å²) in [6.07, 6.45) is 3.39. The van der Waals surface area contributed by atoms with Crippen molar-refractivity contribution < 1.29 is 0 Å². The van der Waals surface area contributed by atoms with Gasteiger partial charge in [0.05, 0.1) is 15.9 Å². The summed E-state index contributed by atoms with van der Waals surface area (Å²) in [6.45, 7) is 9.93. The molecule has 1 rings (SSSR count). The predicted octanol–water partition coefficient (Wildman–Crippen LogP) is 3.37. The molecule has 1 aromatic rings. The van der Waals surface area contributed by atoms with Gasteiger partial charge < -0.3 is 0 Å². The van der Waals surface area contributed by atoms with Gasteiger partial charge >= 0.3 is 0 Å². The monoisotopic (exact) mass is 301 g/mol. The van der Waals surface area contributed by atoms with Crippen LogP contribution < -0.4 is 0 Å². The minimum Gasteiger partial charge on any atom is -0.298 e. The van der Waals surface area contributed by atoms with Crippen LogP contribution in [0.25, 0.3) is 0 Å². The van der Waals surface area contributed by atoms with E-state index in [4.69, 9.17) is 0 Å². The molecule has 0 saturated heterocycles. The van der Waals surface area contributed by atoms with Crippen molar-refractivity contribution in [2.45, 2.75) is 46.6 Å². The van der Waals surface area contributed by atoms with E-state index in [1.54, 1.807) is 0 Å². The van der Waals surface area contributed by atoms with Crippen molar-refractivity contribution in [3.05, 3.63) is 15.9 Å². The molecule has 0 N–H and O–H groups in total. The van der Waals surface area contributed by atoms with Gasteiger partial charge in [0, 0.05) is 13.6 Å². The highest BCUT2D eigenvalue weighted by Gasteiger charge is 2.15. The third-order valence-corrected chi connectivity index (χ3v) is 3.87. The quantitative estimate of drug-likeness (QED) is 0.770. The summed E-state index contributed by atoms with van der Waals surface area (Å²) in [7, 11) is 2.04. The molecule has 0 aliphatic heterocycles. The van der Waals surface area contributed by atoms with E-state index in [0.29, 0.717) is 0 Å². The third kappa shape index (κ3) is 3.81. The van der Waals surface area contributed by atoms with Crippen molar-refractivity contribution in [3.8, 4) is 0 Å². The molecule has 0 amide bonds. The van der Waals surface area contributed by atoms with Crippen LogP contribution in [0.2, 0.25) is 0 Å². The highest BCUT2D eigenvalue weighted by molar-refractivity contribution is 9.10. The van der Waals surface area contributed by atoms with Gasteiger partial charge in [-0.15, -0.1) is 0 Å². The molecule has 1 aromatic heterocycles. The second-order valence-corrected chi connectivity index (χ2v) is 5.25. The van der Waals surface area contributed by atoms with Crippen molar-refractivity contribution in [2.24, 2.45) is 7.05 Å². The fourth-order valence-electron chi connectivity index (χ4n) is 2.11. The Labute approximate surface area is 113 Å². The van der Waals surface area contributed by atoms with Gasteiger partial charge in [0.15, 0.2) is 0 Å². The fourth-order valence-corrected chi connectivity index (χ4v) is 2.85. The van der Waals surface area contributed by atoms with Crippen LogP contribution in [0.4, 0.5) is 0 Å². The van der Waals surface area contributed by atoms with Crippen LogP contribution >= 0.6 is 15.9 Å². The molecule has 0 saturated carbocycles. The van der Waals surface area contributed by atoms with Crippen LogP contribution in [-0.2, 0) is 20.0 Å².